The predicted molar refractivity (Wildman–Crippen MR) is 128 cm³/mol. The van der Waals surface area contributed by atoms with Crippen molar-refractivity contribution >= 4 is 16.6 Å². The van der Waals surface area contributed by atoms with Gasteiger partial charge in [0.2, 0.25) is 0 Å². The van der Waals surface area contributed by atoms with Crippen LogP contribution in [0, 0.1) is 18.3 Å². The van der Waals surface area contributed by atoms with Crippen LogP contribution in [0.2, 0.25) is 0 Å². The van der Waals surface area contributed by atoms with Crippen LogP contribution in [0.1, 0.15) is 48.3 Å². The number of hydrogen-bond donors (Lipinski definition) is 0. The van der Waals surface area contributed by atoms with E-state index in [0.717, 1.165) is 53.0 Å². The molecule has 4 rings (SSSR count). The first-order valence-corrected chi connectivity index (χ1v) is 10.8. The van der Waals surface area contributed by atoms with Gasteiger partial charge in [-0.2, -0.15) is 5.26 Å². The van der Waals surface area contributed by atoms with Gasteiger partial charge < -0.3 is 4.57 Å². The molecule has 0 aliphatic carbocycles. The van der Waals surface area contributed by atoms with Crippen LogP contribution in [-0.2, 0) is 13.0 Å². The fourth-order valence-electron chi connectivity index (χ4n) is 4.15. The number of para-hydroxylation sites is 1. The molecular formula is C28H27N3. The van der Waals surface area contributed by atoms with Crippen molar-refractivity contribution in [2.24, 2.45) is 0 Å². The van der Waals surface area contributed by atoms with Crippen molar-refractivity contribution < 1.29 is 0 Å². The summed E-state index contributed by atoms with van der Waals surface area (Å²) in [4.78, 5) is 4.94. The van der Waals surface area contributed by atoms with Crippen LogP contribution < -0.4 is 0 Å². The zero-order valence-corrected chi connectivity index (χ0v) is 18.4. The summed E-state index contributed by atoms with van der Waals surface area (Å²) in [5.74, 6) is 1.14. The van der Waals surface area contributed by atoms with E-state index in [1.807, 2.05) is 25.1 Å². The summed E-state index contributed by atoms with van der Waals surface area (Å²) in [5, 5.41) is 9.54. The molecule has 0 unspecified atom stereocenters. The van der Waals surface area contributed by atoms with Gasteiger partial charge in [-0.3, -0.25) is 0 Å². The van der Waals surface area contributed by atoms with E-state index in [4.69, 9.17) is 4.98 Å². The number of nitrogens with zero attached hydrogens (tertiary/aromatic N) is 3. The fourth-order valence-corrected chi connectivity index (χ4v) is 4.15. The Bertz CT molecular complexity index is 1270. The Morgan fingerprint density at radius 2 is 1.65 bits per heavy atom. The lowest BCUT2D eigenvalue weighted by Gasteiger charge is -2.12. The second-order valence-electron chi connectivity index (χ2n) is 7.98. The van der Waals surface area contributed by atoms with Gasteiger partial charge in [0.05, 0.1) is 17.1 Å². The Labute approximate surface area is 184 Å². The number of benzene rings is 3. The van der Waals surface area contributed by atoms with Crippen molar-refractivity contribution in [1.82, 2.24) is 9.55 Å². The second-order valence-corrected chi connectivity index (χ2v) is 7.98. The van der Waals surface area contributed by atoms with Gasteiger partial charge in [-0.05, 0) is 48.6 Å². The summed E-state index contributed by atoms with van der Waals surface area (Å²) in [7, 11) is 0. The fraction of sp³-hybridized carbons (Fsp3) is 0.214. The molecule has 4 aromatic rings. The molecule has 0 spiro atoms. The number of fused-ring (bicyclic) bond motifs is 1. The molecule has 154 valence electrons. The quantitative estimate of drug-likeness (QED) is 0.335. The Morgan fingerprint density at radius 3 is 2.32 bits per heavy atom. The van der Waals surface area contributed by atoms with Crippen LogP contribution in [0.25, 0.3) is 16.6 Å². The van der Waals surface area contributed by atoms with Gasteiger partial charge in [0.1, 0.15) is 5.82 Å². The first kappa shape index (κ1) is 20.6. The summed E-state index contributed by atoms with van der Waals surface area (Å²) in [5.41, 5.74) is 8.58. The molecule has 0 radical (unpaired) electrons. The maximum absolute atomic E-state index is 9.54. The number of imidazole rings is 1. The minimum atomic E-state index is 0.722. The Balaban J connectivity index is 1.71. The van der Waals surface area contributed by atoms with Gasteiger partial charge >= 0.3 is 0 Å². The monoisotopic (exact) mass is 405 g/mol. The second kappa shape index (κ2) is 9.02. The van der Waals surface area contributed by atoms with Crippen molar-refractivity contribution in [2.75, 3.05) is 0 Å². The van der Waals surface area contributed by atoms with Gasteiger partial charge in [0.25, 0.3) is 0 Å². The van der Waals surface area contributed by atoms with Crippen molar-refractivity contribution in [3.8, 4) is 6.07 Å². The average molecular weight is 406 g/mol. The van der Waals surface area contributed by atoms with Crippen molar-refractivity contribution in [2.45, 2.75) is 40.2 Å². The number of aryl methyl sites for hydroxylation is 2. The molecular weight excluding hydrogens is 378 g/mol. The molecule has 0 aliphatic heterocycles. The van der Waals surface area contributed by atoms with Gasteiger partial charge in [0, 0.05) is 24.1 Å². The topological polar surface area (TPSA) is 41.6 Å². The molecule has 0 atom stereocenters. The van der Waals surface area contributed by atoms with E-state index in [1.165, 1.54) is 16.6 Å². The predicted octanol–water partition coefficient (Wildman–Crippen LogP) is 6.69. The summed E-state index contributed by atoms with van der Waals surface area (Å²) >= 11 is 0. The summed E-state index contributed by atoms with van der Waals surface area (Å²) in [6.07, 6.45) is 2.04. The third-order valence-corrected chi connectivity index (χ3v) is 5.72. The molecule has 0 bridgehead atoms. The first-order valence-electron chi connectivity index (χ1n) is 10.8. The molecule has 3 aromatic carbocycles. The van der Waals surface area contributed by atoms with E-state index in [0.29, 0.717) is 0 Å². The van der Waals surface area contributed by atoms with Crippen LogP contribution in [0.15, 0.2) is 78.4 Å². The van der Waals surface area contributed by atoms with Crippen molar-refractivity contribution in [3.05, 3.63) is 106 Å². The number of rotatable bonds is 6. The molecule has 3 nitrogen and oxygen atoms in total. The Hall–Kier alpha value is -3.64. The third-order valence-electron chi connectivity index (χ3n) is 5.72. The lowest BCUT2D eigenvalue weighted by Crippen LogP contribution is -2.05. The highest BCUT2D eigenvalue weighted by Gasteiger charge is 2.13. The SMILES string of the molecule is CCCc1nc2c(C)cccc2n1Cc1ccc(/C(=C(\C)C#N)c2ccccc2)cc1. The molecule has 0 saturated heterocycles. The molecule has 1 aromatic heterocycles. The molecule has 0 N–H and O–H groups in total. The molecule has 31 heavy (non-hydrogen) atoms. The molecule has 0 saturated carbocycles. The normalized spacial score (nSPS) is 11.9. The van der Waals surface area contributed by atoms with Crippen molar-refractivity contribution in [3.63, 3.8) is 0 Å². The van der Waals surface area contributed by atoms with Gasteiger partial charge in [-0.1, -0.05) is 73.7 Å². The van der Waals surface area contributed by atoms with Crippen LogP contribution in [0.5, 0.6) is 0 Å². The Kier molecular flexibility index (Phi) is 6.00. The lowest BCUT2D eigenvalue weighted by atomic mass is 9.93. The number of allylic oxidation sites excluding steroid dienone is 1. The van der Waals surface area contributed by atoms with E-state index in [9.17, 15) is 5.26 Å². The minimum absolute atomic E-state index is 0.722. The van der Waals surface area contributed by atoms with E-state index in [2.05, 4.69) is 79.1 Å². The molecule has 0 aliphatic rings. The zero-order valence-electron chi connectivity index (χ0n) is 18.4. The van der Waals surface area contributed by atoms with Gasteiger partial charge in [-0.25, -0.2) is 4.98 Å². The van der Waals surface area contributed by atoms with E-state index < -0.39 is 0 Å². The van der Waals surface area contributed by atoms with Crippen LogP contribution in [0.3, 0.4) is 0 Å². The largest absolute Gasteiger partial charge is 0.323 e. The molecule has 3 heteroatoms. The summed E-state index contributed by atoms with van der Waals surface area (Å²) in [6, 6.07) is 27.4. The van der Waals surface area contributed by atoms with E-state index >= 15 is 0 Å². The molecule has 1 heterocycles. The zero-order chi connectivity index (χ0) is 21.8. The Morgan fingerprint density at radius 1 is 0.935 bits per heavy atom. The number of hydrogen-bond acceptors (Lipinski definition) is 2. The molecule has 0 fully saturated rings. The van der Waals surface area contributed by atoms with Gasteiger partial charge in [-0.15, -0.1) is 0 Å². The number of nitriles is 1. The van der Waals surface area contributed by atoms with E-state index in [1.54, 1.807) is 0 Å². The smallest absolute Gasteiger partial charge is 0.110 e. The minimum Gasteiger partial charge on any atom is -0.323 e. The first-order chi connectivity index (χ1) is 15.1. The standard InChI is InChI=1S/C28H27N3/c1-4-9-26-30-28-20(2)10-8-13-25(28)31(26)19-22-14-16-24(17-15-22)27(21(3)18-29)23-11-6-5-7-12-23/h5-8,10-17H,4,9,19H2,1-3H3/b27-21+. The maximum atomic E-state index is 9.54. The van der Waals surface area contributed by atoms with Crippen LogP contribution in [0.4, 0.5) is 0 Å². The third kappa shape index (κ3) is 4.15. The van der Waals surface area contributed by atoms with Crippen LogP contribution >= 0.6 is 0 Å². The summed E-state index contributed by atoms with van der Waals surface area (Å²) in [6.45, 7) is 6.99. The lowest BCUT2D eigenvalue weighted by molar-refractivity contribution is 0.722. The number of aromatic nitrogens is 2. The maximum Gasteiger partial charge on any atom is 0.110 e. The molecule has 0 amide bonds. The summed E-state index contributed by atoms with van der Waals surface area (Å²) < 4.78 is 2.34. The van der Waals surface area contributed by atoms with Gasteiger partial charge in [0.15, 0.2) is 0 Å². The van der Waals surface area contributed by atoms with Crippen molar-refractivity contribution in [1.29, 1.82) is 5.26 Å². The van der Waals surface area contributed by atoms with Crippen LogP contribution in [-0.4, -0.2) is 9.55 Å². The highest BCUT2D eigenvalue weighted by atomic mass is 15.1. The highest BCUT2D eigenvalue weighted by molar-refractivity contribution is 5.84. The van der Waals surface area contributed by atoms with E-state index in [-0.39, 0.29) is 0 Å². The average Bonchev–Trinajstić information content (AvgIpc) is 3.14. The highest BCUT2D eigenvalue weighted by Crippen LogP contribution is 2.28.